The number of halogens is 2. The van der Waals surface area contributed by atoms with E-state index in [1.54, 1.807) is 12.3 Å². The number of anilines is 2. The highest BCUT2D eigenvalue weighted by Gasteiger charge is 2.13. The summed E-state index contributed by atoms with van der Waals surface area (Å²) < 4.78 is 0. The van der Waals surface area contributed by atoms with Gasteiger partial charge in [0.25, 0.3) is 0 Å². The lowest BCUT2D eigenvalue weighted by molar-refractivity contribution is 0.881. The lowest BCUT2D eigenvalue weighted by Crippen LogP contribution is -2.14. The van der Waals surface area contributed by atoms with E-state index >= 15 is 0 Å². The largest absolute Gasteiger partial charge is 0.376 e. The van der Waals surface area contributed by atoms with Crippen molar-refractivity contribution in [3.05, 3.63) is 52.3 Å². The lowest BCUT2D eigenvalue weighted by atomic mass is 10.1. The highest BCUT2D eigenvalue weighted by molar-refractivity contribution is 6.33. The topological polar surface area (TPSA) is 28.2 Å². The highest BCUT2D eigenvalue weighted by atomic mass is 35.5. The van der Waals surface area contributed by atoms with Crippen LogP contribution in [0.25, 0.3) is 0 Å². The Labute approximate surface area is 129 Å². The third-order valence-electron chi connectivity index (χ3n) is 3.08. The van der Waals surface area contributed by atoms with Crippen LogP contribution in [-0.2, 0) is 0 Å². The van der Waals surface area contributed by atoms with Gasteiger partial charge in [0.15, 0.2) is 0 Å². The fourth-order valence-corrected chi connectivity index (χ4v) is 2.51. The van der Waals surface area contributed by atoms with Gasteiger partial charge in [-0.3, -0.25) is 4.98 Å². The first-order chi connectivity index (χ1) is 9.49. The zero-order valence-corrected chi connectivity index (χ0v) is 13.2. The van der Waals surface area contributed by atoms with Crippen LogP contribution in [0.1, 0.15) is 18.5 Å². The van der Waals surface area contributed by atoms with E-state index in [-0.39, 0.29) is 6.04 Å². The predicted molar refractivity (Wildman–Crippen MR) is 87.1 cm³/mol. The van der Waals surface area contributed by atoms with E-state index in [2.05, 4.69) is 10.3 Å². The first kappa shape index (κ1) is 14.9. The lowest BCUT2D eigenvalue weighted by Gasteiger charge is -2.22. The number of hydrogen-bond acceptors (Lipinski definition) is 3. The van der Waals surface area contributed by atoms with Gasteiger partial charge in [-0.25, -0.2) is 0 Å². The van der Waals surface area contributed by atoms with Gasteiger partial charge in [-0.05, 0) is 36.8 Å². The molecule has 2 rings (SSSR count). The van der Waals surface area contributed by atoms with Gasteiger partial charge >= 0.3 is 0 Å². The maximum atomic E-state index is 6.23. The van der Waals surface area contributed by atoms with Crippen LogP contribution in [-0.4, -0.2) is 19.1 Å². The highest BCUT2D eigenvalue weighted by Crippen LogP contribution is 2.31. The molecule has 0 saturated heterocycles. The second-order valence-corrected chi connectivity index (χ2v) is 5.66. The van der Waals surface area contributed by atoms with Gasteiger partial charge < -0.3 is 10.2 Å². The molecular weight excluding hydrogens is 293 g/mol. The third kappa shape index (κ3) is 3.35. The molecular formula is C15H17Cl2N3. The SMILES string of the molecule is CC(Nc1cnccc1N(C)C)c1cc(Cl)ccc1Cl. The number of rotatable bonds is 4. The van der Waals surface area contributed by atoms with Gasteiger partial charge in [0.2, 0.25) is 0 Å². The number of nitrogens with one attached hydrogen (secondary N) is 1. The second-order valence-electron chi connectivity index (χ2n) is 4.82. The number of benzene rings is 1. The minimum absolute atomic E-state index is 0.0316. The molecule has 0 aliphatic heterocycles. The smallest absolute Gasteiger partial charge is 0.0768 e. The minimum atomic E-state index is 0.0316. The van der Waals surface area contributed by atoms with Crippen molar-refractivity contribution in [2.75, 3.05) is 24.3 Å². The van der Waals surface area contributed by atoms with Crippen molar-refractivity contribution in [3.8, 4) is 0 Å². The molecule has 20 heavy (non-hydrogen) atoms. The van der Waals surface area contributed by atoms with Gasteiger partial charge in [0.1, 0.15) is 0 Å². The van der Waals surface area contributed by atoms with Crippen molar-refractivity contribution in [2.24, 2.45) is 0 Å². The fraction of sp³-hybridized carbons (Fsp3) is 0.267. The van der Waals surface area contributed by atoms with Crippen LogP contribution in [0.2, 0.25) is 10.0 Å². The standard InChI is InChI=1S/C15H17Cl2N3/c1-10(12-8-11(16)4-5-13(12)17)19-14-9-18-7-6-15(14)20(2)3/h4-10,19H,1-3H3. The fourth-order valence-electron chi connectivity index (χ4n) is 2.05. The molecule has 0 spiro atoms. The Balaban J connectivity index is 2.28. The summed E-state index contributed by atoms with van der Waals surface area (Å²) >= 11 is 12.3. The summed E-state index contributed by atoms with van der Waals surface area (Å²) in [5, 5.41) is 4.81. The van der Waals surface area contributed by atoms with Crippen LogP contribution in [0.4, 0.5) is 11.4 Å². The van der Waals surface area contributed by atoms with E-state index in [9.17, 15) is 0 Å². The number of hydrogen-bond donors (Lipinski definition) is 1. The summed E-state index contributed by atoms with van der Waals surface area (Å²) in [4.78, 5) is 6.20. The maximum absolute atomic E-state index is 6.23. The molecule has 3 nitrogen and oxygen atoms in total. The number of aromatic nitrogens is 1. The molecule has 0 bridgehead atoms. The molecule has 1 heterocycles. The molecule has 0 saturated carbocycles. The van der Waals surface area contributed by atoms with Gasteiger partial charge in [0.05, 0.1) is 23.6 Å². The second kappa shape index (κ2) is 6.33. The van der Waals surface area contributed by atoms with Crippen LogP contribution in [0.3, 0.4) is 0 Å². The Kier molecular flexibility index (Phi) is 4.73. The molecule has 1 aromatic heterocycles. The summed E-state index contributed by atoms with van der Waals surface area (Å²) in [5.41, 5.74) is 3.00. The van der Waals surface area contributed by atoms with Crippen LogP contribution in [0.5, 0.6) is 0 Å². The van der Waals surface area contributed by atoms with Crippen LogP contribution >= 0.6 is 23.2 Å². The van der Waals surface area contributed by atoms with Crippen molar-refractivity contribution >= 4 is 34.6 Å². The number of nitrogens with zero attached hydrogens (tertiary/aromatic N) is 2. The van der Waals surface area contributed by atoms with Crippen LogP contribution in [0.15, 0.2) is 36.7 Å². The molecule has 1 atom stereocenters. The molecule has 106 valence electrons. The molecule has 5 heteroatoms. The zero-order valence-electron chi connectivity index (χ0n) is 11.7. The van der Waals surface area contributed by atoms with E-state index in [4.69, 9.17) is 23.2 Å². The Bertz CT molecular complexity index is 599. The van der Waals surface area contributed by atoms with Crippen LogP contribution < -0.4 is 10.2 Å². The Morgan fingerprint density at radius 3 is 2.65 bits per heavy atom. The van der Waals surface area contributed by atoms with Crippen molar-refractivity contribution in [1.29, 1.82) is 0 Å². The van der Waals surface area contributed by atoms with Gasteiger partial charge in [0, 0.05) is 30.3 Å². The summed E-state index contributed by atoms with van der Waals surface area (Å²) in [6, 6.07) is 7.48. The quantitative estimate of drug-likeness (QED) is 0.892. The summed E-state index contributed by atoms with van der Waals surface area (Å²) in [7, 11) is 4.00. The zero-order chi connectivity index (χ0) is 14.7. The molecule has 0 aliphatic carbocycles. The van der Waals surface area contributed by atoms with Crippen LogP contribution in [0, 0.1) is 0 Å². The average Bonchev–Trinajstić information content (AvgIpc) is 2.41. The maximum Gasteiger partial charge on any atom is 0.0768 e. The Morgan fingerprint density at radius 1 is 1.20 bits per heavy atom. The third-order valence-corrected chi connectivity index (χ3v) is 3.66. The monoisotopic (exact) mass is 309 g/mol. The molecule has 1 N–H and O–H groups in total. The van der Waals surface area contributed by atoms with E-state index in [0.717, 1.165) is 16.9 Å². The van der Waals surface area contributed by atoms with E-state index in [0.29, 0.717) is 10.0 Å². The molecule has 0 aliphatic rings. The van der Waals surface area contributed by atoms with Crippen molar-refractivity contribution in [1.82, 2.24) is 4.98 Å². The van der Waals surface area contributed by atoms with E-state index in [1.807, 2.05) is 50.3 Å². The first-order valence-corrected chi connectivity index (χ1v) is 7.07. The van der Waals surface area contributed by atoms with Crippen molar-refractivity contribution in [3.63, 3.8) is 0 Å². The number of pyridine rings is 1. The first-order valence-electron chi connectivity index (χ1n) is 6.32. The molecule has 1 unspecified atom stereocenters. The van der Waals surface area contributed by atoms with Crippen molar-refractivity contribution < 1.29 is 0 Å². The van der Waals surface area contributed by atoms with E-state index < -0.39 is 0 Å². The van der Waals surface area contributed by atoms with Gasteiger partial charge in [-0.15, -0.1) is 0 Å². The molecule has 1 aromatic carbocycles. The van der Waals surface area contributed by atoms with Gasteiger partial charge in [-0.1, -0.05) is 23.2 Å². The molecule has 0 amide bonds. The molecule has 2 aromatic rings. The Morgan fingerprint density at radius 2 is 1.95 bits per heavy atom. The van der Waals surface area contributed by atoms with Gasteiger partial charge in [-0.2, -0.15) is 0 Å². The molecule has 0 radical (unpaired) electrons. The molecule has 0 fully saturated rings. The van der Waals surface area contributed by atoms with E-state index in [1.165, 1.54) is 0 Å². The predicted octanol–water partition coefficient (Wildman–Crippen LogP) is 4.63. The average molecular weight is 310 g/mol. The summed E-state index contributed by atoms with van der Waals surface area (Å²) in [6.07, 6.45) is 3.59. The summed E-state index contributed by atoms with van der Waals surface area (Å²) in [5.74, 6) is 0. The minimum Gasteiger partial charge on any atom is -0.376 e. The summed E-state index contributed by atoms with van der Waals surface area (Å²) in [6.45, 7) is 2.05. The normalized spacial score (nSPS) is 12.1. The van der Waals surface area contributed by atoms with Crippen molar-refractivity contribution in [2.45, 2.75) is 13.0 Å². The Hall–Kier alpha value is -1.45.